The lowest BCUT2D eigenvalue weighted by atomic mass is 10.1. The van der Waals surface area contributed by atoms with Gasteiger partial charge < -0.3 is 4.74 Å². The van der Waals surface area contributed by atoms with Crippen LogP contribution < -0.4 is 4.74 Å². The van der Waals surface area contributed by atoms with E-state index in [1.807, 2.05) is 26.2 Å². The van der Waals surface area contributed by atoms with Gasteiger partial charge in [0.2, 0.25) is 0 Å². The average Bonchev–Trinajstić information content (AvgIpc) is 2.78. The van der Waals surface area contributed by atoms with Gasteiger partial charge >= 0.3 is 0 Å². The van der Waals surface area contributed by atoms with Crippen LogP contribution in [0.5, 0.6) is 5.75 Å². The van der Waals surface area contributed by atoms with Crippen molar-refractivity contribution in [3.05, 3.63) is 34.4 Å². The lowest BCUT2D eigenvalue weighted by Gasteiger charge is -2.02. The standard InChI is InChI=1S/C11H10FNOS.C2H6/c1-7-13-10(6-15-7)8-3-4-11(14-2)9(12)5-8;1-2/h3-6H,1-2H3;1-2H3. The fourth-order valence-corrected chi connectivity index (χ4v) is 1.94. The number of nitrogens with zero attached hydrogens (tertiary/aromatic N) is 1. The van der Waals surface area contributed by atoms with Crippen LogP contribution in [0.2, 0.25) is 0 Å². The highest BCUT2D eigenvalue weighted by Gasteiger charge is 2.07. The van der Waals surface area contributed by atoms with Crippen LogP contribution in [-0.2, 0) is 0 Å². The molecule has 0 bridgehead atoms. The molecular weight excluding hydrogens is 237 g/mol. The Morgan fingerprint density at radius 2 is 2.00 bits per heavy atom. The molecular formula is C13H16FNOS. The minimum absolute atomic E-state index is 0.255. The summed E-state index contributed by atoms with van der Waals surface area (Å²) in [6, 6.07) is 4.85. The summed E-state index contributed by atoms with van der Waals surface area (Å²) < 4.78 is 18.2. The number of hydrogen-bond donors (Lipinski definition) is 0. The Kier molecular flexibility index (Phi) is 5.10. The van der Waals surface area contributed by atoms with E-state index in [2.05, 4.69) is 4.98 Å². The zero-order valence-electron chi connectivity index (χ0n) is 10.5. The summed E-state index contributed by atoms with van der Waals surface area (Å²) in [6.07, 6.45) is 0. The Bertz CT molecular complexity index is 482. The molecule has 0 N–H and O–H groups in total. The van der Waals surface area contributed by atoms with Crippen molar-refractivity contribution in [3.8, 4) is 17.0 Å². The smallest absolute Gasteiger partial charge is 0.165 e. The van der Waals surface area contributed by atoms with Crippen molar-refractivity contribution in [2.75, 3.05) is 7.11 Å². The molecule has 0 radical (unpaired) electrons. The first-order valence-electron chi connectivity index (χ1n) is 5.47. The number of thiazole rings is 1. The summed E-state index contributed by atoms with van der Waals surface area (Å²) in [5, 5.41) is 2.89. The van der Waals surface area contributed by atoms with Crippen molar-refractivity contribution in [1.82, 2.24) is 4.98 Å². The highest BCUT2D eigenvalue weighted by Crippen LogP contribution is 2.26. The summed E-state index contributed by atoms with van der Waals surface area (Å²) in [7, 11) is 1.45. The SMILES string of the molecule is CC.COc1ccc(-c2csc(C)n2)cc1F. The topological polar surface area (TPSA) is 22.1 Å². The van der Waals surface area contributed by atoms with Crippen LogP contribution in [-0.4, -0.2) is 12.1 Å². The molecule has 0 spiro atoms. The van der Waals surface area contributed by atoms with Crippen molar-refractivity contribution >= 4 is 11.3 Å². The molecule has 4 heteroatoms. The summed E-state index contributed by atoms with van der Waals surface area (Å²) in [6.45, 7) is 5.92. The summed E-state index contributed by atoms with van der Waals surface area (Å²) in [5.74, 6) is -0.105. The maximum absolute atomic E-state index is 13.4. The zero-order valence-corrected chi connectivity index (χ0v) is 11.3. The van der Waals surface area contributed by atoms with Gasteiger partial charge in [-0.3, -0.25) is 0 Å². The Morgan fingerprint density at radius 1 is 1.29 bits per heavy atom. The molecule has 0 aliphatic heterocycles. The number of ether oxygens (including phenoxy) is 1. The summed E-state index contributed by atoms with van der Waals surface area (Å²) >= 11 is 1.55. The van der Waals surface area contributed by atoms with E-state index >= 15 is 0 Å². The van der Waals surface area contributed by atoms with Gasteiger partial charge in [-0.15, -0.1) is 11.3 Å². The molecule has 92 valence electrons. The average molecular weight is 253 g/mol. The first-order valence-corrected chi connectivity index (χ1v) is 6.34. The van der Waals surface area contributed by atoms with E-state index in [0.717, 1.165) is 16.3 Å². The number of halogens is 1. The maximum atomic E-state index is 13.4. The first kappa shape index (κ1) is 13.6. The molecule has 0 saturated heterocycles. The van der Waals surface area contributed by atoms with Crippen molar-refractivity contribution in [1.29, 1.82) is 0 Å². The molecule has 1 heterocycles. The van der Waals surface area contributed by atoms with Crippen LogP contribution >= 0.6 is 11.3 Å². The summed E-state index contributed by atoms with van der Waals surface area (Å²) in [5.41, 5.74) is 1.58. The number of hydrogen-bond acceptors (Lipinski definition) is 3. The monoisotopic (exact) mass is 253 g/mol. The van der Waals surface area contributed by atoms with E-state index in [1.54, 1.807) is 23.5 Å². The molecule has 17 heavy (non-hydrogen) atoms. The molecule has 0 aliphatic carbocycles. The Balaban J connectivity index is 0.000000686. The van der Waals surface area contributed by atoms with Gasteiger partial charge in [-0.1, -0.05) is 13.8 Å². The largest absolute Gasteiger partial charge is 0.494 e. The third-order valence-electron chi connectivity index (χ3n) is 2.07. The van der Waals surface area contributed by atoms with Crippen LogP contribution in [0.4, 0.5) is 4.39 Å². The van der Waals surface area contributed by atoms with Crippen LogP contribution in [0.1, 0.15) is 18.9 Å². The molecule has 1 aromatic heterocycles. The van der Waals surface area contributed by atoms with Gasteiger partial charge in [-0.05, 0) is 25.1 Å². The Labute approximate surface area is 105 Å². The zero-order chi connectivity index (χ0) is 12.8. The van der Waals surface area contributed by atoms with Crippen molar-refractivity contribution in [2.24, 2.45) is 0 Å². The molecule has 2 nitrogen and oxygen atoms in total. The molecule has 0 fully saturated rings. The van der Waals surface area contributed by atoms with E-state index in [9.17, 15) is 4.39 Å². The molecule has 0 saturated carbocycles. The van der Waals surface area contributed by atoms with E-state index in [-0.39, 0.29) is 11.6 Å². The highest BCUT2D eigenvalue weighted by atomic mass is 32.1. The van der Waals surface area contributed by atoms with Crippen LogP contribution in [0.3, 0.4) is 0 Å². The lowest BCUT2D eigenvalue weighted by Crippen LogP contribution is -1.88. The van der Waals surface area contributed by atoms with Gasteiger partial charge in [0.1, 0.15) is 0 Å². The minimum atomic E-state index is -0.361. The Hall–Kier alpha value is -1.42. The van der Waals surface area contributed by atoms with Crippen molar-refractivity contribution in [3.63, 3.8) is 0 Å². The van der Waals surface area contributed by atoms with Crippen molar-refractivity contribution in [2.45, 2.75) is 20.8 Å². The normalized spacial score (nSPS) is 9.47. The lowest BCUT2D eigenvalue weighted by molar-refractivity contribution is 0.386. The fraction of sp³-hybridized carbons (Fsp3) is 0.308. The van der Waals surface area contributed by atoms with Gasteiger partial charge in [0.05, 0.1) is 17.8 Å². The highest BCUT2D eigenvalue weighted by molar-refractivity contribution is 7.09. The predicted molar refractivity (Wildman–Crippen MR) is 70.1 cm³/mol. The molecule has 0 amide bonds. The van der Waals surface area contributed by atoms with Gasteiger partial charge in [0, 0.05) is 10.9 Å². The van der Waals surface area contributed by atoms with Crippen LogP contribution in [0.25, 0.3) is 11.3 Å². The number of benzene rings is 1. The van der Waals surface area contributed by atoms with Gasteiger partial charge in [-0.2, -0.15) is 0 Å². The van der Waals surface area contributed by atoms with Gasteiger partial charge in [0.25, 0.3) is 0 Å². The van der Waals surface area contributed by atoms with E-state index in [4.69, 9.17) is 4.74 Å². The Morgan fingerprint density at radius 3 is 2.47 bits per heavy atom. The van der Waals surface area contributed by atoms with E-state index in [1.165, 1.54) is 13.2 Å². The molecule has 2 aromatic rings. The second kappa shape index (κ2) is 6.35. The predicted octanol–water partition coefficient (Wildman–Crippen LogP) is 4.29. The molecule has 0 aliphatic rings. The number of aryl methyl sites for hydroxylation is 1. The number of aromatic nitrogens is 1. The van der Waals surface area contributed by atoms with Crippen molar-refractivity contribution < 1.29 is 9.13 Å². The van der Waals surface area contributed by atoms with E-state index < -0.39 is 0 Å². The van der Waals surface area contributed by atoms with Gasteiger partial charge in [-0.25, -0.2) is 9.37 Å². The number of rotatable bonds is 2. The third-order valence-corrected chi connectivity index (χ3v) is 2.84. The van der Waals surface area contributed by atoms with Gasteiger partial charge in [0.15, 0.2) is 11.6 Å². The van der Waals surface area contributed by atoms with E-state index in [0.29, 0.717) is 0 Å². The summed E-state index contributed by atoms with van der Waals surface area (Å²) in [4.78, 5) is 4.29. The maximum Gasteiger partial charge on any atom is 0.165 e. The molecule has 2 rings (SSSR count). The third kappa shape index (κ3) is 3.27. The van der Waals surface area contributed by atoms with Crippen LogP contribution in [0.15, 0.2) is 23.6 Å². The second-order valence-electron chi connectivity index (χ2n) is 3.10. The van der Waals surface area contributed by atoms with Crippen LogP contribution in [0, 0.1) is 12.7 Å². The minimum Gasteiger partial charge on any atom is -0.494 e. The quantitative estimate of drug-likeness (QED) is 0.796. The molecule has 0 unspecified atom stereocenters. The first-order chi connectivity index (χ1) is 8.20. The fourth-order valence-electron chi connectivity index (χ4n) is 1.32. The number of methoxy groups -OCH3 is 1. The molecule has 0 atom stereocenters. The molecule has 1 aromatic carbocycles. The second-order valence-corrected chi connectivity index (χ2v) is 4.16.